The molecular formula is C16H26IN3O. The number of methoxy groups -OCH3 is 1. The summed E-state index contributed by atoms with van der Waals surface area (Å²) in [4.78, 5) is 4.67. The van der Waals surface area contributed by atoms with E-state index < -0.39 is 0 Å². The van der Waals surface area contributed by atoms with E-state index in [4.69, 9.17) is 4.74 Å². The van der Waals surface area contributed by atoms with E-state index in [1.807, 2.05) is 6.07 Å². The quantitative estimate of drug-likeness (QED) is 0.418. The number of guanidine groups is 1. The Morgan fingerprint density at radius 3 is 2.57 bits per heavy atom. The van der Waals surface area contributed by atoms with Crippen molar-refractivity contribution in [3.05, 3.63) is 35.4 Å². The van der Waals surface area contributed by atoms with E-state index in [9.17, 15) is 0 Å². The first-order valence-electron chi connectivity index (χ1n) is 7.41. The molecule has 0 bridgehead atoms. The summed E-state index contributed by atoms with van der Waals surface area (Å²) < 4.78 is 5.23. The maximum absolute atomic E-state index is 5.23. The molecule has 2 N–H and O–H groups in total. The molecule has 1 fully saturated rings. The second-order valence-electron chi connectivity index (χ2n) is 5.22. The first-order valence-corrected chi connectivity index (χ1v) is 7.41. The molecule has 0 amide bonds. The summed E-state index contributed by atoms with van der Waals surface area (Å²) >= 11 is 0. The van der Waals surface area contributed by atoms with Crippen molar-refractivity contribution in [2.75, 3.05) is 20.2 Å². The predicted octanol–water partition coefficient (Wildman–Crippen LogP) is 2.92. The second-order valence-corrected chi connectivity index (χ2v) is 5.22. The minimum Gasteiger partial charge on any atom is -0.380 e. The maximum atomic E-state index is 5.23. The standard InChI is InChI=1S/C16H25N3O.HI/c1-3-17-16(18-10-13-8-9-13)19-11-14-6-4-5-7-15(14)12-20-2;/h4-7,13H,3,8-12H2,1-2H3,(H2,17,18,19);1H. The van der Waals surface area contributed by atoms with Gasteiger partial charge in [0.1, 0.15) is 0 Å². The summed E-state index contributed by atoms with van der Waals surface area (Å²) in [5.41, 5.74) is 2.43. The van der Waals surface area contributed by atoms with Gasteiger partial charge in [-0.3, -0.25) is 0 Å². The Balaban J connectivity index is 0.00000220. The third kappa shape index (κ3) is 6.65. The molecule has 1 aromatic rings. The molecule has 0 saturated heterocycles. The van der Waals surface area contributed by atoms with Crippen LogP contribution >= 0.6 is 24.0 Å². The van der Waals surface area contributed by atoms with Crippen molar-refractivity contribution >= 4 is 29.9 Å². The van der Waals surface area contributed by atoms with Gasteiger partial charge in [-0.1, -0.05) is 24.3 Å². The van der Waals surface area contributed by atoms with Crippen molar-refractivity contribution in [1.29, 1.82) is 0 Å². The largest absolute Gasteiger partial charge is 0.380 e. The topological polar surface area (TPSA) is 45.7 Å². The number of hydrogen-bond acceptors (Lipinski definition) is 2. The molecule has 5 heteroatoms. The number of hydrogen-bond donors (Lipinski definition) is 2. The molecule has 0 heterocycles. The zero-order valence-corrected chi connectivity index (χ0v) is 15.2. The van der Waals surface area contributed by atoms with E-state index in [2.05, 4.69) is 40.7 Å². The van der Waals surface area contributed by atoms with Crippen LogP contribution < -0.4 is 10.6 Å². The number of ether oxygens (including phenoxy) is 1. The van der Waals surface area contributed by atoms with Crippen molar-refractivity contribution in [2.45, 2.75) is 32.9 Å². The summed E-state index contributed by atoms with van der Waals surface area (Å²) in [5.74, 6) is 1.76. The summed E-state index contributed by atoms with van der Waals surface area (Å²) in [5, 5.41) is 6.71. The van der Waals surface area contributed by atoms with Gasteiger partial charge in [-0.25, -0.2) is 4.99 Å². The van der Waals surface area contributed by atoms with Crippen LogP contribution in [0.1, 0.15) is 30.9 Å². The monoisotopic (exact) mass is 403 g/mol. The molecule has 1 aliphatic rings. The third-order valence-electron chi connectivity index (χ3n) is 3.43. The lowest BCUT2D eigenvalue weighted by atomic mass is 10.1. The van der Waals surface area contributed by atoms with Crippen LogP contribution in [0.4, 0.5) is 0 Å². The van der Waals surface area contributed by atoms with Crippen LogP contribution in [0.25, 0.3) is 0 Å². The lowest BCUT2D eigenvalue weighted by Crippen LogP contribution is -2.38. The average molecular weight is 403 g/mol. The molecule has 0 aromatic heterocycles. The van der Waals surface area contributed by atoms with Crippen LogP contribution in [0.2, 0.25) is 0 Å². The van der Waals surface area contributed by atoms with E-state index in [0.717, 1.165) is 25.0 Å². The zero-order chi connectivity index (χ0) is 14.2. The Morgan fingerprint density at radius 2 is 1.95 bits per heavy atom. The molecule has 0 radical (unpaired) electrons. The van der Waals surface area contributed by atoms with Crippen LogP contribution in [-0.2, 0) is 17.9 Å². The Labute approximate surface area is 144 Å². The van der Waals surface area contributed by atoms with Gasteiger partial charge >= 0.3 is 0 Å². The predicted molar refractivity (Wildman–Crippen MR) is 98.1 cm³/mol. The highest BCUT2D eigenvalue weighted by molar-refractivity contribution is 14.0. The third-order valence-corrected chi connectivity index (χ3v) is 3.43. The fourth-order valence-corrected chi connectivity index (χ4v) is 2.08. The van der Waals surface area contributed by atoms with Gasteiger partial charge in [0.25, 0.3) is 0 Å². The van der Waals surface area contributed by atoms with Crippen LogP contribution in [0, 0.1) is 5.92 Å². The number of rotatable bonds is 7. The van der Waals surface area contributed by atoms with Crippen molar-refractivity contribution in [3.63, 3.8) is 0 Å². The smallest absolute Gasteiger partial charge is 0.191 e. The number of nitrogens with one attached hydrogen (secondary N) is 2. The summed E-state index contributed by atoms with van der Waals surface area (Å²) in [7, 11) is 1.72. The zero-order valence-electron chi connectivity index (χ0n) is 12.9. The summed E-state index contributed by atoms with van der Waals surface area (Å²) in [6, 6.07) is 8.30. The van der Waals surface area contributed by atoms with Crippen molar-refractivity contribution < 1.29 is 4.74 Å². The SMILES string of the molecule is CCNC(=NCc1ccccc1COC)NCC1CC1.I. The molecule has 0 atom stereocenters. The summed E-state index contributed by atoms with van der Waals surface area (Å²) in [6.45, 7) is 5.33. The van der Waals surface area contributed by atoms with Gasteiger partial charge in [0.05, 0.1) is 13.2 Å². The lowest BCUT2D eigenvalue weighted by molar-refractivity contribution is 0.184. The Hall–Kier alpha value is -0.820. The molecule has 1 aliphatic carbocycles. The first kappa shape index (κ1) is 18.2. The van der Waals surface area contributed by atoms with E-state index in [1.165, 1.54) is 24.0 Å². The highest BCUT2D eigenvalue weighted by atomic mass is 127. The summed E-state index contributed by atoms with van der Waals surface area (Å²) in [6.07, 6.45) is 2.70. The molecule has 4 nitrogen and oxygen atoms in total. The highest BCUT2D eigenvalue weighted by Crippen LogP contribution is 2.27. The Morgan fingerprint density at radius 1 is 1.24 bits per heavy atom. The van der Waals surface area contributed by atoms with Gasteiger partial charge in [0.15, 0.2) is 5.96 Å². The van der Waals surface area contributed by atoms with Gasteiger partial charge in [-0.2, -0.15) is 0 Å². The van der Waals surface area contributed by atoms with Crippen molar-refractivity contribution in [2.24, 2.45) is 10.9 Å². The molecular weight excluding hydrogens is 377 g/mol. The highest BCUT2D eigenvalue weighted by Gasteiger charge is 2.21. The van der Waals surface area contributed by atoms with E-state index in [-0.39, 0.29) is 24.0 Å². The van der Waals surface area contributed by atoms with Gasteiger partial charge < -0.3 is 15.4 Å². The van der Waals surface area contributed by atoms with Crippen LogP contribution in [0.3, 0.4) is 0 Å². The molecule has 1 saturated carbocycles. The van der Waals surface area contributed by atoms with Crippen molar-refractivity contribution in [1.82, 2.24) is 10.6 Å². The normalized spacial score (nSPS) is 14.5. The lowest BCUT2D eigenvalue weighted by Gasteiger charge is -2.12. The van der Waals surface area contributed by atoms with E-state index in [1.54, 1.807) is 7.11 Å². The van der Waals surface area contributed by atoms with Gasteiger partial charge in [0, 0.05) is 20.2 Å². The molecule has 1 aromatic carbocycles. The van der Waals surface area contributed by atoms with Gasteiger partial charge in [-0.05, 0) is 36.8 Å². The van der Waals surface area contributed by atoms with E-state index >= 15 is 0 Å². The van der Waals surface area contributed by atoms with Crippen molar-refractivity contribution in [3.8, 4) is 0 Å². The molecule has 118 valence electrons. The van der Waals surface area contributed by atoms with E-state index in [0.29, 0.717) is 13.2 Å². The second kappa shape index (κ2) is 10.00. The number of halogens is 1. The number of benzene rings is 1. The maximum Gasteiger partial charge on any atom is 0.191 e. The van der Waals surface area contributed by atoms with Crippen LogP contribution in [0.5, 0.6) is 0 Å². The van der Waals surface area contributed by atoms with Gasteiger partial charge in [-0.15, -0.1) is 24.0 Å². The Kier molecular flexibility index (Phi) is 8.68. The number of aliphatic imine (C=N–C) groups is 1. The fourth-order valence-electron chi connectivity index (χ4n) is 2.08. The van der Waals surface area contributed by atoms with Crippen LogP contribution in [-0.4, -0.2) is 26.2 Å². The fraction of sp³-hybridized carbons (Fsp3) is 0.562. The molecule has 0 aliphatic heterocycles. The first-order chi connectivity index (χ1) is 9.83. The average Bonchev–Trinajstić information content (AvgIpc) is 3.28. The van der Waals surface area contributed by atoms with Gasteiger partial charge in [0.2, 0.25) is 0 Å². The molecule has 21 heavy (non-hydrogen) atoms. The molecule has 0 unspecified atom stereocenters. The molecule has 2 rings (SSSR count). The Bertz CT molecular complexity index is 447. The number of nitrogens with zero attached hydrogens (tertiary/aromatic N) is 1. The van der Waals surface area contributed by atoms with Crippen LogP contribution in [0.15, 0.2) is 29.3 Å². The minimum absolute atomic E-state index is 0. The molecule has 0 spiro atoms. The minimum atomic E-state index is 0.